The molecule has 1 heterocycles. The molecule has 0 fully saturated rings. The van der Waals surface area contributed by atoms with Crippen LogP contribution in [0.3, 0.4) is 0 Å². The molecule has 1 unspecified atom stereocenters. The van der Waals surface area contributed by atoms with Crippen molar-refractivity contribution in [2.45, 2.75) is 19.8 Å². The Morgan fingerprint density at radius 2 is 2.29 bits per heavy atom. The number of rotatable bonds is 3. The van der Waals surface area contributed by atoms with Crippen LogP contribution in [0.15, 0.2) is 27.4 Å². The number of hydrogen-bond donors (Lipinski definition) is 0. The Morgan fingerprint density at radius 1 is 1.53 bits per heavy atom. The molecule has 0 N–H and O–H groups in total. The molecule has 0 aliphatic carbocycles. The third-order valence-electron chi connectivity index (χ3n) is 3.01. The third-order valence-corrected chi connectivity index (χ3v) is 3.01. The number of hydrogen-bond acceptors (Lipinski definition) is 3. The lowest BCUT2D eigenvalue weighted by Gasteiger charge is -2.05. The van der Waals surface area contributed by atoms with E-state index in [1.807, 2.05) is 19.1 Å². The molecule has 4 nitrogen and oxygen atoms in total. The van der Waals surface area contributed by atoms with Crippen molar-refractivity contribution in [1.29, 1.82) is 5.26 Å². The van der Waals surface area contributed by atoms with Gasteiger partial charge in [0, 0.05) is 7.05 Å². The first-order valence-corrected chi connectivity index (χ1v) is 5.63. The maximum absolute atomic E-state index is 11.3. The molecule has 1 atom stereocenters. The predicted octanol–water partition coefficient (Wildman–Crippen LogP) is 2.22. The van der Waals surface area contributed by atoms with Crippen LogP contribution in [-0.2, 0) is 13.5 Å². The minimum Gasteiger partial charge on any atom is -0.408 e. The molecule has 0 saturated heterocycles. The topological polar surface area (TPSA) is 58.9 Å². The average molecular weight is 230 g/mol. The van der Waals surface area contributed by atoms with Crippen molar-refractivity contribution >= 4 is 11.1 Å². The summed E-state index contributed by atoms with van der Waals surface area (Å²) in [6, 6.07) is 7.89. The highest BCUT2D eigenvalue weighted by Gasteiger charge is 2.09. The Morgan fingerprint density at radius 3 is 2.94 bits per heavy atom. The van der Waals surface area contributed by atoms with Crippen LogP contribution in [0.25, 0.3) is 11.1 Å². The summed E-state index contributed by atoms with van der Waals surface area (Å²) in [5.41, 5.74) is 2.42. The lowest BCUT2D eigenvalue weighted by atomic mass is 9.98. The van der Waals surface area contributed by atoms with Gasteiger partial charge in [-0.25, -0.2) is 4.79 Å². The minimum atomic E-state index is -0.357. The molecule has 1 aromatic carbocycles. The minimum absolute atomic E-state index is 0.0244. The molecular formula is C13H14N2O2. The number of nitrogens with zero attached hydrogens (tertiary/aromatic N) is 2. The van der Waals surface area contributed by atoms with Crippen molar-refractivity contribution in [1.82, 2.24) is 4.57 Å². The zero-order chi connectivity index (χ0) is 12.4. The van der Waals surface area contributed by atoms with Crippen LogP contribution in [0.5, 0.6) is 0 Å². The predicted molar refractivity (Wildman–Crippen MR) is 64.6 cm³/mol. The fraction of sp³-hybridized carbons (Fsp3) is 0.385. The van der Waals surface area contributed by atoms with Crippen molar-refractivity contribution in [3.8, 4) is 6.07 Å². The van der Waals surface area contributed by atoms with E-state index in [9.17, 15) is 4.79 Å². The summed E-state index contributed by atoms with van der Waals surface area (Å²) in [6.45, 7) is 2.00. The molecule has 0 amide bonds. The van der Waals surface area contributed by atoms with Crippen molar-refractivity contribution < 1.29 is 4.42 Å². The van der Waals surface area contributed by atoms with E-state index < -0.39 is 0 Å². The van der Waals surface area contributed by atoms with E-state index in [0.29, 0.717) is 12.0 Å². The smallest absolute Gasteiger partial charge is 0.408 e. The van der Waals surface area contributed by atoms with Gasteiger partial charge in [0.2, 0.25) is 0 Å². The van der Waals surface area contributed by atoms with E-state index in [1.165, 1.54) is 4.57 Å². The number of oxazole rings is 1. The summed E-state index contributed by atoms with van der Waals surface area (Å²) >= 11 is 0. The van der Waals surface area contributed by atoms with Gasteiger partial charge in [-0.1, -0.05) is 13.0 Å². The molecule has 0 saturated carbocycles. The van der Waals surface area contributed by atoms with E-state index in [2.05, 4.69) is 6.07 Å². The second-order valence-corrected chi connectivity index (χ2v) is 4.17. The standard InChI is InChI=1S/C13H14N2O2/c1-3-9(8-14)6-10-4-5-12-11(7-10)15(2)13(16)17-12/h4-5,7,9H,3,6H2,1-2H3. The first-order chi connectivity index (χ1) is 8.15. The van der Waals surface area contributed by atoms with Gasteiger partial charge in [-0.3, -0.25) is 4.57 Å². The van der Waals surface area contributed by atoms with Gasteiger partial charge in [0.25, 0.3) is 0 Å². The van der Waals surface area contributed by atoms with Gasteiger partial charge in [-0.2, -0.15) is 5.26 Å². The number of fused-ring (bicyclic) bond motifs is 1. The highest BCUT2D eigenvalue weighted by Crippen LogP contribution is 2.17. The molecule has 0 bridgehead atoms. The highest BCUT2D eigenvalue weighted by atomic mass is 16.4. The van der Waals surface area contributed by atoms with Crippen molar-refractivity contribution in [2.24, 2.45) is 13.0 Å². The number of benzene rings is 1. The lowest BCUT2D eigenvalue weighted by molar-refractivity contribution is 0.528. The fourth-order valence-corrected chi connectivity index (χ4v) is 1.87. The zero-order valence-corrected chi connectivity index (χ0v) is 9.93. The van der Waals surface area contributed by atoms with Crippen LogP contribution < -0.4 is 5.76 Å². The Bertz CT molecular complexity index is 631. The molecule has 2 aromatic rings. The molecule has 0 aliphatic rings. The summed E-state index contributed by atoms with van der Waals surface area (Å²) in [4.78, 5) is 11.3. The molecule has 17 heavy (non-hydrogen) atoms. The van der Waals surface area contributed by atoms with Gasteiger partial charge >= 0.3 is 5.76 Å². The van der Waals surface area contributed by atoms with E-state index in [0.717, 1.165) is 17.5 Å². The molecule has 0 radical (unpaired) electrons. The third kappa shape index (κ3) is 2.09. The molecule has 4 heteroatoms. The Balaban J connectivity index is 2.41. The Labute approximate surface area is 99.1 Å². The van der Waals surface area contributed by atoms with Gasteiger partial charge < -0.3 is 4.42 Å². The molecule has 2 rings (SSSR count). The Hall–Kier alpha value is -2.02. The average Bonchev–Trinajstić information content (AvgIpc) is 2.62. The first-order valence-electron chi connectivity index (χ1n) is 5.63. The number of nitriles is 1. The maximum atomic E-state index is 11.3. The summed E-state index contributed by atoms with van der Waals surface area (Å²) in [5.74, 6) is -0.333. The van der Waals surface area contributed by atoms with E-state index in [1.54, 1.807) is 13.1 Å². The molecule has 88 valence electrons. The second kappa shape index (κ2) is 4.46. The van der Waals surface area contributed by atoms with Gasteiger partial charge in [0.05, 0.1) is 17.5 Å². The van der Waals surface area contributed by atoms with Gasteiger partial charge in [0.1, 0.15) is 0 Å². The van der Waals surface area contributed by atoms with Gasteiger partial charge in [-0.15, -0.1) is 0 Å². The van der Waals surface area contributed by atoms with Crippen LogP contribution in [0.1, 0.15) is 18.9 Å². The normalized spacial score (nSPS) is 12.5. The van der Waals surface area contributed by atoms with Crippen LogP contribution in [0.2, 0.25) is 0 Å². The Kier molecular flexibility index (Phi) is 3.01. The molecule has 0 aliphatic heterocycles. The van der Waals surface area contributed by atoms with E-state index in [-0.39, 0.29) is 11.7 Å². The van der Waals surface area contributed by atoms with Crippen molar-refractivity contribution in [2.75, 3.05) is 0 Å². The SMILES string of the molecule is CCC(C#N)Cc1ccc2oc(=O)n(C)c2c1. The quantitative estimate of drug-likeness (QED) is 0.812. The van der Waals surface area contributed by atoms with E-state index >= 15 is 0 Å². The fourth-order valence-electron chi connectivity index (χ4n) is 1.87. The van der Waals surface area contributed by atoms with Gasteiger partial charge in [0.15, 0.2) is 5.58 Å². The van der Waals surface area contributed by atoms with Crippen molar-refractivity contribution in [3.63, 3.8) is 0 Å². The number of aromatic nitrogens is 1. The maximum Gasteiger partial charge on any atom is 0.419 e. The molecular weight excluding hydrogens is 216 g/mol. The first kappa shape index (κ1) is 11.5. The monoisotopic (exact) mass is 230 g/mol. The summed E-state index contributed by atoms with van der Waals surface area (Å²) in [5, 5.41) is 8.94. The van der Waals surface area contributed by atoms with Crippen LogP contribution in [-0.4, -0.2) is 4.57 Å². The number of aryl methyl sites for hydroxylation is 1. The molecule has 1 aromatic heterocycles. The summed E-state index contributed by atoms with van der Waals surface area (Å²) in [6.07, 6.45) is 1.54. The van der Waals surface area contributed by atoms with Crippen molar-refractivity contribution in [3.05, 3.63) is 34.3 Å². The summed E-state index contributed by atoms with van der Waals surface area (Å²) in [7, 11) is 1.68. The van der Waals surface area contributed by atoms with E-state index in [4.69, 9.17) is 9.68 Å². The van der Waals surface area contributed by atoms with Gasteiger partial charge in [-0.05, 0) is 30.5 Å². The van der Waals surface area contributed by atoms with Crippen LogP contribution in [0.4, 0.5) is 0 Å². The molecule has 0 spiro atoms. The lowest BCUT2D eigenvalue weighted by Crippen LogP contribution is -2.08. The summed E-state index contributed by atoms with van der Waals surface area (Å²) < 4.78 is 6.53. The largest absolute Gasteiger partial charge is 0.419 e. The second-order valence-electron chi connectivity index (χ2n) is 4.17. The van der Waals surface area contributed by atoms with Crippen LogP contribution >= 0.6 is 0 Å². The highest BCUT2D eigenvalue weighted by molar-refractivity contribution is 5.73. The van der Waals surface area contributed by atoms with Crippen LogP contribution in [0, 0.1) is 17.2 Å². The zero-order valence-electron chi connectivity index (χ0n) is 9.93.